The fourth-order valence-corrected chi connectivity index (χ4v) is 11.1. The SMILES string of the molecule is COCC1=C(OCC2(C)CC(NC3=C(C4=CCCCC4)CCCC3)=CC(C)(N3C4=C(C=CC(C)C4)C4CC(C)CCC43C)C2)CCCN1. The van der Waals surface area contributed by atoms with E-state index in [0.717, 1.165) is 62.6 Å². The molecule has 48 heavy (non-hydrogen) atoms. The van der Waals surface area contributed by atoms with E-state index in [1.165, 1.54) is 82.0 Å². The Bertz CT molecular complexity index is 1430. The Morgan fingerprint density at radius 2 is 1.85 bits per heavy atom. The highest BCUT2D eigenvalue weighted by atomic mass is 16.5. The van der Waals surface area contributed by atoms with Crippen molar-refractivity contribution in [2.24, 2.45) is 23.2 Å². The molecule has 6 unspecified atom stereocenters. The fourth-order valence-electron chi connectivity index (χ4n) is 11.1. The van der Waals surface area contributed by atoms with E-state index in [1.54, 1.807) is 29.5 Å². The first-order valence-corrected chi connectivity index (χ1v) is 19.8. The minimum atomic E-state index is -0.109. The van der Waals surface area contributed by atoms with Gasteiger partial charge in [-0.25, -0.2) is 0 Å². The Balaban J connectivity index is 1.28. The monoisotopic (exact) mass is 656 g/mol. The summed E-state index contributed by atoms with van der Waals surface area (Å²) in [5.74, 6) is 3.11. The fraction of sp³-hybridized carbons (Fsp3) is 0.721. The first-order chi connectivity index (χ1) is 23.1. The third-order valence-corrected chi connectivity index (χ3v) is 13.1. The van der Waals surface area contributed by atoms with Crippen LogP contribution < -0.4 is 10.6 Å². The van der Waals surface area contributed by atoms with Crippen LogP contribution in [0, 0.1) is 23.2 Å². The Kier molecular flexibility index (Phi) is 9.74. The molecule has 7 aliphatic rings. The van der Waals surface area contributed by atoms with E-state index in [2.05, 4.69) is 74.5 Å². The molecule has 0 saturated heterocycles. The van der Waals surface area contributed by atoms with E-state index in [9.17, 15) is 0 Å². The number of nitrogens with zero attached hydrogens (tertiary/aromatic N) is 1. The van der Waals surface area contributed by atoms with Gasteiger partial charge in [-0.3, -0.25) is 0 Å². The minimum Gasteiger partial charge on any atom is -0.495 e. The molecule has 2 heterocycles. The quantitative estimate of drug-likeness (QED) is 0.259. The van der Waals surface area contributed by atoms with Gasteiger partial charge in [0.2, 0.25) is 0 Å². The molecule has 1 fully saturated rings. The lowest BCUT2D eigenvalue weighted by molar-refractivity contribution is -0.0287. The topological polar surface area (TPSA) is 45.8 Å². The second-order valence-corrected chi connectivity index (χ2v) is 17.7. The number of nitrogens with one attached hydrogen (secondary N) is 2. The van der Waals surface area contributed by atoms with Crippen LogP contribution in [0.25, 0.3) is 0 Å². The van der Waals surface area contributed by atoms with Crippen LogP contribution >= 0.6 is 0 Å². The highest BCUT2D eigenvalue weighted by Gasteiger charge is 2.58. The molecule has 0 aromatic carbocycles. The highest BCUT2D eigenvalue weighted by Crippen LogP contribution is 2.59. The molecule has 264 valence electrons. The number of rotatable bonds is 9. The molecule has 0 radical (unpaired) electrons. The number of allylic oxidation sites excluding steroid dienone is 9. The summed E-state index contributed by atoms with van der Waals surface area (Å²) in [7, 11) is 1.79. The van der Waals surface area contributed by atoms with E-state index in [1.807, 2.05) is 0 Å². The van der Waals surface area contributed by atoms with Gasteiger partial charge < -0.3 is 25.0 Å². The largest absolute Gasteiger partial charge is 0.495 e. The van der Waals surface area contributed by atoms with Crippen LogP contribution in [0.5, 0.6) is 0 Å². The molecule has 6 atom stereocenters. The van der Waals surface area contributed by atoms with Gasteiger partial charge >= 0.3 is 0 Å². The molecule has 0 amide bonds. The summed E-state index contributed by atoms with van der Waals surface area (Å²) in [5.41, 5.74) is 10.7. The third kappa shape index (κ3) is 6.59. The lowest BCUT2D eigenvalue weighted by Crippen LogP contribution is -2.60. The van der Waals surface area contributed by atoms with Gasteiger partial charge in [0, 0.05) is 54.0 Å². The molecule has 5 heteroatoms. The Hall–Kier alpha value is -2.40. The number of methoxy groups -OCH3 is 1. The normalized spacial score (nSPS) is 37.1. The second kappa shape index (κ2) is 13.7. The van der Waals surface area contributed by atoms with E-state index in [4.69, 9.17) is 9.47 Å². The molecule has 0 aromatic rings. The van der Waals surface area contributed by atoms with Crippen LogP contribution in [0.4, 0.5) is 0 Å². The molecular weight excluding hydrogens is 590 g/mol. The standard InChI is InChI=1S/C43H65N3O2/c1-30-18-19-35-36-23-31(2)20-21-43(36,5)46(39(35)24-30)42(4)26-33(45-37-16-11-10-15-34(37)32-13-8-7-9-14-32)25-41(3,28-42)29-48-40-17-12-22-44-38(40)27-47-6/h13,18-19,26,30-31,36,44-45H,7-12,14-17,20-25,27-29H2,1-6H3. The van der Waals surface area contributed by atoms with Crippen molar-refractivity contribution in [3.8, 4) is 0 Å². The van der Waals surface area contributed by atoms with Gasteiger partial charge in [0.1, 0.15) is 5.76 Å². The van der Waals surface area contributed by atoms with Crippen LogP contribution in [-0.4, -0.2) is 42.8 Å². The van der Waals surface area contributed by atoms with Gasteiger partial charge in [0.05, 0.1) is 24.4 Å². The van der Waals surface area contributed by atoms with Crippen molar-refractivity contribution in [2.75, 3.05) is 26.9 Å². The summed E-state index contributed by atoms with van der Waals surface area (Å²) in [5, 5.41) is 7.80. The van der Waals surface area contributed by atoms with Gasteiger partial charge in [-0.15, -0.1) is 0 Å². The van der Waals surface area contributed by atoms with Crippen LogP contribution in [-0.2, 0) is 9.47 Å². The maximum absolute atomic E-state index is 6.89. The summed E-state index contributed by atoms with van der Waals surface area (Å²) in [6.45, 7) is 15.0. The predicted octanol–water partition coefficient (Wildman–Crippen LogP) is 9.97. The maximum atomic E-state index is 6.89. The van der Waals surface area contributed by atoms with E-state index in [0.29, 0.717) is 18.4 Å². The average Bonchev–Trinajstić information content (AvgIpc) is 3.32. The van der Waals surface area contributed by atoms with Crippen molar-refractivity contribution in [1.29, 1.82) is 0 Å². The van der Waals surface area contributed by atoms with Crippen molar-refractivity contribution in [2.45, 2.75) is 148 Å². The molecular formula is C43H65N3O2. The van der Waals surface area contributed by atoms with Gasteiger partial charge in [0.15, 0.2) is 0 Å². The van der Waals surface area contributed by atoms with Gasteiger partial charge in [0.25, 0.3) is 0 Å². The lowest BCUT2D eigenvalue weighted by atomic mass is 9.65. The van der Waals surface area contributed by atoms with Crippen LogP contribution in [0.3, 0.4) is 0 Å². The Morgan fingerprint density at radius 3 is 2.67 bits per heavy atom. The second-order valence-electron chi connectivity index (χ2n) is 17.7. The summed E-state index contributed by atoms with van der Waals surface area (Å²) in [4.78, 5) is 3.00. The molecule has 0 bridgehead atoms. The van der Waals surface area contributed by atoms with Gasteiger partial charge in [-0.2, -0.15) is 0 Å². The van der Waals surface area contributed by atoms with Crippen molar-refractivity contribution < 1.29 is 9.47 Å². The van der Waals surface area contributed by atoms with Crippen LogP contribution in [0.2, 0.25) is 0 Å². The van der Waals surface area contributed by atoms with E-state index in [-0.39, 0.29) is 16.5 Å². The minimum absolute atomic E-state index is 0.0127. The molecule has 5 nitrogen and oxygen atoms in total. The number of fused-ring (bicyclic) bond motifs is 2. The number of hydrogen-bond donors (Lipinski definition) is 2. The Morgan fingerprint density at radius 1 is 1.02 bits per heavy atom. The number of hydrogen-bond acceptors (Lipinski definition) is 5. The van der Waals surface area contributed by atoms with E-state index < -0.39 is 0 Å². The van der Waals surface area contributed by atoms with Gasteiger partial charge in [-0.05, 0) is 145 Å². The molecule has 2 N–H and O–H groups in total. The first kappa shape index (κ1) is 34.1. The van der Waals surface area contributed by atoms with Crippen molar-refractivity contribution in [3.63, 3.8) is 0 Å². The molecule has 5 aliphatic carbocycles. The zero-order chi connectivity index (χ0) is 33.5. The summed E-state index contributed by atoms with van der Waals surface area (Å²) >= 11 is 0. The van der Waals surface area contributed by atoms with Crippen molar-refractivity contribution >= 4 is 0 Å². The molecule has 1 saturated carbocycles. The van der Waals surface area contributed by atoms with E-state index >= 15 is 0 Å². The van der Waals surface area contributed by atoms with Crippen molar-refractivity contribution in [1.82, 2.24) is 15.5 Å². The maximum Gasteiger partial charge on any atom is 0.117 e. The van der Waals surface area contributed by atoms with Crippen molar-refractivity contribution in [3.05, 3.63) is 69.6 Å². The lowest BCUT2D eigenvalue weighted by Gasteiger charge is -2.57. The van der Waals surface area contributed by atoms with Crippen LogP contribution in [0.15, 0.2) is 69.6 Å². The summed E-state index contributed by atoms with van der Waals surface area (Å²) in [6, 6.07) is 0. The smallest absolute Gasteiger partial charge is 0.117 e. The zero-order valence-corrected chi connectivity index (χ0v) is 31.2. The van der Waals surface area contributed by atoms with Crippen LogP contribution in [0.1, 0.15) is 137 Å². The Labute approximate surface area is 292 Å². The zero-order valence-electron chi connectivity index (χ0n) is 31.2. The predicted molar refractivity (Wildman–Crippen MR) is 198 cm³/mol. The molecule has 0 spiro atoms. The molecule has 7 rings (SSSR count). The first-order valence-electron chi connectivity index (χ1n) is 19.8. The summed E-state index contributed by atoms with van der Waals surface area (Å²) in [6.07, 6.45) is 29.8. The summed E-state index contributed by atoms with van der Waals surface area (Å²) < 4.78 is 12.5. The average molecular weight is 656 g/mol. The third-order valence-electron chi connectivity index (χ3n) is 13.1. The molecule has 0 aromatic heterocycles. The highest BCUT2D eigenvalue weighted by molar-refractivity contribution is 5.45. The molecule has 2 aliphatic heterocycles. The van der Waals surface area contributed by atoms with Gasteiger partial charge in [-0.1, -0.05) is 39.0 Å². The number of ether oxygens (including phenoxy) is 2.